The Morgan fingerprint density at radius 2 is 2.12 bits per heavy atom. The molecule has 1 aliphatic carbocycles. The molecule has 5 nitrogen and oxygen atoms in total. The van der Waals surface area contributed by atoms with Crippen molar-refractivity contribution in [3.63, 3.8) is 0 Å². The summed E-state index contributed by atoms with van der Waals surface area (Å²) in [5.41, 5.74) is 0.491. The molecule has 1 amide bonds. The number of hydrogen-bond donors (Lipinski definition) is 0. The predicted molar refractivity (Wildman–Crippen MR) is 91.8 cm³/mol. The molecule has 5 heteroatoms. The van der Waals surface area contributed by atoms with Crippen molar-refractivity contribution in [2.75, 3.05) is 26.2 Å². The molecule has 24 heavy (non-hydrogen) atoms. The highest BCUT2D eigenvalue weighted by molar-refractivity contribution is 5.92. The number of amides is 1. The van der Waals surface area contributed by atoms with Crippen LogP contribution in [-0.2, 0) is 6.42 Å². The maximum absolute atomic E-state index is 12.9. The molecular weight excluding hydrogens is 302 g/mol. The highest BCUT2D eigenvalue weighted by Crippen LogP contribution is 2.33. The van der Waals surface area contributed by atoms with Gasteiger partial charge in [0.05, 0.1) is 0 Å². The van der Waals surface area contributed by atoms with Crippen molar-refractivity contribution >= 4 is 5.91 Å². The zero-order chi connectivity index (χ0) is 16.5. The van der Waals surface area contributed by atoms with Crippen molar-refractivity contribution in [1.82, 2.24) is 15.0 Å². The predicted octanol–water partition coefficient (Wildman–Crippen LogP) is 2.96. The molecule has 3 aliphatic heterocycles. The zero-order valence-electron chi connectivity index (χ0n) is 14.7. The van der Waals surface area contributed by atoms with E-state index in [1.807, 2.05) is 11.0 Å². The summed E-state index contributed by atoms with van der Waals surface area (Å²) in [6.45, 7) is 6.26. The molecule has 0 unspecified atom stereocenters. The Hall–Kier alpha value is -1.36. The maximum Gasteiger partial charge on any atom is 0.276 e. The van der Waals surface area contributed by atoms with E-state index in [0.29, 0.717) is 17.7 Å². The molecule has 3 saturated heterocycles. The number of carbonyl (C=O) groups excluding carboxylic acids is 1. The third-order valence-electron chi connectivity index (χ3n) is 6.11. The van der Waals surface area contributed by atoms with Gasteiger partial charge >= 0.3 is 0 Å². The number of rotatable bonds is 5. The summed E-state index contributed by atoms with van der Waals surface area (Å²) in [7, 11) is 0. The minimum absolute atomic E-state index is 0.0588. The Bertz CT molecular complexity index is 581. The van der Waals surface area contributed by atoms with Gasteiger partial charge in [-0.2, -0.15) is 0 Å². The highest BCUT2D eigenvalue weighted by atomic mass is 16.5. The minimum atomic E-state index is 0.0588. The molecule has 1 aromatic heterocycles. The average Bonchev–Trinajstić information content (AvgIpc) is 2.82. The van der Waals surface area contributed by atoms with Crippen LogP contribution in [0.4, 0.5) is 0 Å². The van der Waals surface area contributed by atoms with Crippen molar-refractivity contribution in [1.29, 1.82) is 0 Å². The van der Waals surface area contributed by atoms with E-state index in [1.165, 1.54) is 45.2 Å². The third-order valence-corrected chi connectivity index (χ3v) is 6.11. The van der Waals surface area contributed by atoms with Gasteiger partial charge in [0.15, 0.2) is 5.69 Å². The van der Waals surface area contributed by atoms with Crippen LogP contribution in [0.1, 0.15) is 61.7 Å². The summed E-state index contributed by atoms with van der Waals surface area (Å²) >= 11 is 0. The van der Waals surface area contributed by atoms with Crippen LogP contribution in [-0.4, -0.2) is 53.1 Å². The lowest BCUT2D eigenvalue weighted by Crippen LogP contribution is -2.47. The standard InChI is InChI=1S/C19H29N3O2/c1-2-4-17-9-18(20-24-17)19(23)22-12-15-7-8-16(13-22)21(11-15)10-14-5-3-6-14/h9,14-16H,2-8,10-13H2,1H3/t15-,16-/m0/s1. The van der Waals surface area contributed by atoms with Gasteiger partial charge in [-0.15, -0.1) is 0 Å². The van der Waals surface area contributed by atoms with E-state index in [0.717, 1.165) is 37.6 Å². The van der Waals surface area contributed by atoms with E-state index in [-0.39, 0.29) is 5.91 Å². The molecular formula is C19H29N3O2. The molecule has 1 aromatic rings. The van der Waals surface area contributed by atoms with Gasteiger partial charge < -0.3 is 9.42 Å². The van der Waals surface area contributed by atoms with Crippen molar-refractivity contribution in [2.45, 2.75) is 57.9 Å². The second-order valence-corrected chi connectivity index (χ2v) is 7.99. The molecule has 132 valence electrons. The van der Waals surface area contributed by atoms with Crippen molar-refractivity contribution < 1.29 is 9.32 Å². The zero-order valence-corrected chi connectivity index (χ0v) is 14.7. The Morgan fingerprint density at radius 1 is 1.25 bits per heavy atom. The van der Waals surface area contributed by atoms with Crippen LogP contribution < -0.4 is 0 Å². The van der Waals surface area contributed by atoms with Crippen LogP contribution in [0.3, 0.4) is 0 Å². The van der Waals surface area contributed by atoms with Crippen LogP contribution in [0, 0.1) is 11.8 Å². The van der Waals surface area contributed by atoms with Crippen molar-refractivity contribution in [3.05, 3.63) is 17.5 Å². The number of nitrogens with zero attached hydrogens (tertiary/aromatic N) is 3. The van der Waals surface area contributed by atoms with Crippen molar-refractivity contribution in [2.24, 2.45) is 11.8 Å². The Morgan fingerprint density at radius 3 is 2.88 bits per heavy atom. The molecule has 5 rings (SSSR count). The van der Waals surface area contributed by atoms with Gasteiger partial charge in [-0.1, -0.05) is 18.5 Å². The molecule has 1 saturated carbocycles. The van der Waals surface area contributed by atoms with E-state index in [4.69, 9.17) is 4.52 Å². The van der Waals surface area contributed by atoms with Gasteiger partial charge in [0.25, 0.3) is 5.91 Å². The topological polar surface area (TPSA) is 49.6 Å². The van der Waals surface area contributed by atoms with Gasteiger partial charge in [-0.25, -0.2) is 0 Å². The molecule has 4 aliphatic rings. The fraction of sp³-hybridized carbons (Fsp3) is 0.789. The Kier molecular flexibility index (Phi) is 4.61. The molecule has 4 fully saturated rings. The Labute approximate surface area is 144 Å². The number of aromatic nitrogens is 1. The van der Waals surface area contributed by atoms with Crippen LogP contribution in [0.15, 0.2) is 10.6 Å². The summed E-state index contributed by atoms with van der Waals surface area (Å²) in [5.74, 6) is 2.41. The van der Waals surface area contributed by atoms with Gasteiger partial charge in [0, 0.05) is 44.7 Å². The van der Waals surface area contributed by atoms with E-state index in [2.05, 4.69) is 17.0 Å². The lowest BCUT2D eigenvalue weighted by atomic mass is 9.83. The number of fused-ring (bicyclic) bond motifs is 4. The van der Waals surface area contributed by atoms with E-state index in [9.17, 15) is 4.79 Å². The van der Waals surface area contributed by atoms with E-state index in [1.54, 1.807) is 0 Å². The summed E-state index contributed by atoms with van der Waals surface area (Å²) in [4.78, 5) is 17.6. The lowest BCUT2D eigenvalue weighted by Gasteiger charge is -2.40. The fourth-order valence-electron chi connectivity index (χ4n) is 4.52. The summed E-state index contributed by atoms with van der Waals surface area (Å²) in [5, 5.41) is 4.02. The van der Waals surface area contributed by atoms with Crippen LogP contribution >= 0.6 is 0 Å². The molecule has 0 radical (unpaired) electrons. The van der Waals surface area contributed by atoms with Gasteiger partial charge in [-0.05, 0) is 43.9 Å². The second-order valence-electron chi connectivity index (χ2n) is 7.99. The molecule has 4 heterocycles. The summed E-state index contributed by atoms with van der Waals surface area (Å²) < 4.78 is 5.31. The second kappa shape index (κ2) is 6.87. The molecule has 0 N–H and O–H groups in total. The summed E-state index contributed by atoms with van der Waals surface area (Å²) in [6, 6.07) is 2.38. The quantitative estimate of drug-likeness (QED) is 0.832. The number of hydrogen-bond acceptors (Lipinski definition) is 4. The SMILES string of the molecule is CCCc1cc(C(=O)N2C[C@H]3CC[C@@H](C2)N(CC2CCC2)C3)no1. The first-order valence-electron chi connectivity index (χ1n) is 9.72. The largest absolute Gasteiger partial charge is 0.361 e. The lowest BCUT2D eigenvalue weighted by molar-refractivity contribution is 0.0708. The van der Waals surface area contributed by atoms with E-state index >= 15 is 0 Å². The van der Waals surface area contributed by atoms with Gasteiger partial charge in [0.2, 0.25) is 0 Å². The van der Waals surface area contributed by atoms with Crippen LogP contribution in [0.2, 0.25) is 0 Å². The molecule has 0 aromatic carbocycles. The highest BCUT2D eigenvalue weighted by Gasteiger charge is 2.38. The first-order chi connectivity index (χ1) is 11.7. The fourth-order valence-corrected chi connectivity index (χ4v) is 4.52. The van der Waals surface area contributed by atoms with E-state index < -0.39 is 0 Å². The minimum Gasteiger partial charge on any atom is -0.361 e. The van der Waals surface area contributed by atoms with Gasteiger partial charge in [-0.3, -0.25) is 9.69 Å². The molecule has 0 spiro atoms. The number of aryl methyl sites for hydroxylation is 1. The third kappa shape index (κ3) is 3.23. The van der Waals surface area contributed by atoms with Gasteiger partial charge in [0.1, 0.15) is 5.76 Å². The number of piperidine rings is 1. The van der Waals surface area contributed by atoms with Crippen LogP contribution in [0.25, 0.3) is 0 Å². The first-order valence-corrected chi connectivity index (χ1v) is 9.72. The molecule has 2 bridgehead atoms. The first kappa shape index (κ1) is 16.1. The average molecular weight is 331 g/mol. The Balaban J connectivity index is 1.43. The van der Waals surface area contributed by atoms with Crippen LogP contribution in [0.5, 0.6) is 0 Å². The normalized spacial score (nSPS) is 28.0. The smallest absolute Gasteiger partial charge is 0.276 e. The number of carbonyl (C=O) groups is 1. The molecule has 2 atom stereocenters. The van der Waals surface area contributed by atoms with Crippen molar-refractivity contribution in [3.8, 4) is 0 Å². The summed E-state index contributed by atoms with van der Waals surface area (Å²) in [6.07, 6.45) is 8.55. The monoisotopic (exact) mass is 331 g/mol. The maximum atomic E-state index is 12.9.